The lowest BCUT2D eigenvalue weighted by molar-refractivity contribution is -0.124. The Morgan fingerprint density at radius 1 is 1.09 bits per heavy atom. The van der Waals surface area contributed by atoms with Gasteiger partial charge in [-0.3, -0.25) is 9.69 Å². The maximum Gasteiger partial charge on any atom is 0.226 e. The molecule has 2 aromatic rings. The van der Waals surface area contributed by atoms with Crippen LogP contribution in [0.15, 0.2) is 30.6 Å². The molecule has 4 saturated carbocycles. The van der Waals surface area contributed by atoms with E-state index in [1.54, 1.807) is 6.33 Å². The van der Waals surface area contributed by atoms with E-state index in [1.165, 1.54) is 44.1 Å². The molecule has 7 rings (SSSR count). The lowest BCUT2D eigenvalue weighted by atomic mass is 9.49. The van der Waals surface area contributed by atoms with Gasteiger partial charge in [-0.2, -0.15) is 5.26 Å². The first kappa shape index (κ1) is 20.8. The molecule has 2 heterocycles. The molecule has 0 unspecified atom stereocenters. The van der Waals surface area contributed by atoms with Crippen LogP contribution in [0.5, 0.6) is 0 Å². The highest BCUT2D eigenvalue weighted by atomic mass is 16.1. The van der Waals surface area contributed by atoms with E-state index in [1.807, 2.05) is 24.3 Å². The van der Waals surface area contributed by atoms with Crippen LogP contribution in [0.2, 0.25) is 0 Å². The van der Waals surface area contributed by atoms with E-state index < -0.39 is 0 Å². The van der Waals surface area contributed by atoms with Crippen molar-refractivity contribution in [2.75, 3.05) is 11.9 Å². The summed E-state index contributed by atoms with van der Waals surface area (Å²) in [6.45, 7) is 2.47. The molecule has 5 aliphatic rings. The molecule has 33 heavy (non-hydrogen) atoms. The van der Waals surface area contributed by atoms with Gasteiger partial charge >= 0.3 is 0 Å². The lowest BCUT2D eigenvalue weighted by Crippen LogP contribution is -2.47. The highest BCUT2D eigenvalue weighted by Crippen LogP contribution is 2.61. The smallest absolute Gasteiger partial charge is 0.226 e. The number of nitrogens with zero attached hydrogens (tertiary/aromatic N) is 4. The number of rotatable bonds is 5. The minimum atomic E-state index is 0.137. The summed E-state index contributed by atoms with van der Waals surface area (Å²) < 4.78 is 0. The molecule has 0 spiro atoms. The number of hydrogen-bond donors (Lipinski definition) is 1. The van der Waals surface area contributed by atoms with Gasteiger partial charge in [0.1, 0.15) is 12.1 Å². The summed E-state index contributed by atoms with van der Waals surface area (Å²) in [7, 11) is 0. The molecule has 0 radical (unpaired) electrons. The Kier molecular flexibility index (Phi) is 5.18. The second-order valence-corrected chi connectivity index (χ2v) is 11.1. The van der Waals surface area contributed by atoms with E-state index in [0.717, 1.165) is 55.1 Å². The summed E-state index contributed by atoms with van der Waals surface area (Å²) in [4.78, 5) is 24.5. The highest BCUT2D eigenvalue weighted by molar-refractivity contribution is 5.91. The largest absolute Gasteiger partial charge is 0.310 e. The van der Waals surface area contributed by atoms with E-state index in [-0.39, 0.29) is 11.3 Å². The zero-order valence-electron chi connectivity index (χ0n) is 19.1. The van der Waals surface area contributed by atoms with Crippen molar-refractivity contribution in [1.82, 2.24) is 14.9 Å². The van der Waals surface area contributed by atoms with Crippen LogP contribution in [0.4, 0.5) is 5.82 Å². The molecule has 4 bridgehead atoms. The molecule has 1 amide bonds. The van der Waals surface area contributed by atoms with Crippen molar-refractivity contribution in [3.8, 4) is 6.07 Å². The molecular weight excluding hydrogens is 410 g/mol. The van der Waals surface area contributed by atoms with Gasteiger partial charge in [-0.25, -0.2) is 9.97 Å². The fourth-order valence-electron chi connectivity index (χ4n) is 7.62. The van der Waals surface area contributed by atoms with E-state index in [9.17, 15) is 4.79 Å². The Balaban J connectivity index is 1.11. The maximum atomic E-state index is 13.1. The van der Waals surface area contributed by atoms with Crippen LogP contribution in [0.3, 0.4) is 0 Å². The number of amides is 1. The third-order valence-corrected chi connectivity index (χ3v) is 8.53. The summed E-state index contributed by atoms with van der Waals surface area (Å²) >= 11 is 0. The molecule has 4 aliphatic carbocycles. The van der Waals surface area contributed by atoms with E-state index >= 15 is 0 Å². The van der Waals surface area contributed by atoms with Gasteiger partial charge in [-0.05, 0) is 85.8 Å². The first-order valence-corrected chi connectivity index (χ1v) is 12.4. The highest BCUT2D eigenvalue weighted by Gasteiger charge is 2.51. The van der Waals surface area contributed by atoms with Gasteiger partial charge in [0, 0.05) is 31.6 Å². The second-order valence-electron chi connectivity index (χ2n) is 11.1. The van der Waals surface area contributed by atoms with Gasteiger partial charge in [-0.1, -0.05) is 12.1 Å². The molecule has 6 nitrogen and oxygen atoms in total. The Labute approximate surface area is 195 Å². The summed E-state index contributed by atoms with van der Waals surface area (Å²) in [5.74, 6) is 3.43. The Morgan fingerprint density at radius 2 is 1.79 bits per heavy atom. The topological polar surface area (TPSA) is 81.9 Å². The Hall–Kier alpha value is -2.78. The average Bonchev–Trinajstić information content (AvgIpc) is 2.78. The van der Waals surface area contributed by atoms with Gasteiger partial charge in [0.2, 0.25) is 5.91 Å². The van der Waals surface area contributed by atoms with E-state index in [2.05, 4.69) is 26.3 Å². The maximum absolute atomic E-state index is 13.1. The number of carbonyl (C=O) groups is 1. The van der Waals surface area contributed by atoms with Crippen LogP contribution in [0.25, 0.3) is 0 Å². The van der Waals surface area contributed by atoms with Crippen molar-refractivity contribution in [3.05, 3.63) is 53.0 Å². The summed E-state index contributed by atoms with van der Waals surface area (Å²) in [5, 5.41) is 12.2. The van der Waals surface area contributed by atoms with Crippen LogP contribution in [-0.4, -0.2) is 27.3 Å². The molecule has 1 aromatic heterocycles. The fourth-order valence-corrected chi connectivity index (χ4v) is 7.62. The standard InChI is InChI=1S/C27H31N5O/c28-14-18-1-3-19(4-2-18)15-32-6-5-23-24(16-32)29-17-30-26(23)31-25(33)13-27-10-20-7-21(11-27)9-22(8-20)12-27/h1-4,17,20-22H,5-13,15-16H2,(H,29,30,31,33). The second kappa shape index (κ2) is 8.22. The molecule has 1 N–H and O–H groups in total. The molecule has 0 saturated heterocycles. The minimum Gasteiger partial charge on any atom is -0.310 e. The van der Waals surface area contributed by atoms with Crippen molar-refractivity contribution in [3.63, 3.8) is 0 Å². The number of fused-ring (bicyclic) bond motifs is 1. The van der Waals surface area contributed by atoms with Gasteiger partial charge in [0.15, 0.2) is 0 Å². The predicted octanol–water partition coefficient (Wildman–Crippen LogP) is 4.45. The molecule has 4 fully saturated rings. The Bertz CT molecular complexity index is 1070. The zero-order valence-corrected chi connectivity index (χ0v) is 19.1. The van der Waals surface area contributed by atoms with Crippen molar-refractivity contribution >= 4 is 11.7 Å². The van der Waals surface area contributed by atoms with E-state index in [0.29, 0.717) is 17.8 Å². The number of aromatic nitrogens is 2. The average molecular weight is 442 g/mol. The van der Waals surface area contributed by atoms with Crippen molar-refractivity contribution < 1.29 is 4.79 Å². The van der Waals surface area contributed by atoms with E-state index in [4.69, 9.17) is 5.26 Å². The van der Waals surface area contributed by atoms with Crippen molar-refractivity contribution in [1.29, 1.82) is 5.26 Å². The lowest BCUT2D eigenvalue weighted by Gasteiger charge is -2.56. The van der Waals surface area contributed by atoms with Gasteiger partial charge in [0.25, 0.3) is 0 Å². The van der Waals surface area contributed by atoms with Crippen LogP contribution in [0, 0.1) is 34.5 Å². The van der Waals surface area contributed by atoms with Gasteiger partial charge < -0.3 is 5.32 Å². The predicted molar refractivity (Wildman–Crippen MR) is 125 cm³/mol. The molecule has 1 aliphatic heterocycles. The normalized spacial score (nSPS) is 30.0. The Morgan fingerprint density at radius 3 is 2.45 bits per heavy atom. The number of hydrogen-bond acceptors (Lipinski definition) is 5. The van der Waals surface area contributed by atoms with Crippen LogP contribution >= 0.6 is 0 Å². The van der Waals surface area contributed by atoms with Crippen molar-refractivity contribution in [2.45, 2.75) is 64.5 Å². The summed E-state index contributed by atoms with van der Waals surface area (Å²) in [6, 6.07) is 9.94. The number of benzene rings is 1. The molecule has 0 atom stereocenters. The zero-order chi connectivity index (χ0) is 22.4. The third-order valence-electron chi connectivity index (χ3n) is 8.53. The van der Waals surface area contributed by atoms with Crippen molar-refractivity contribution in [2.24, 2.45) is 23.2 Å². The third kappa shape index (κ3) is 4.15. The first-order chi connectivity index (χ1) is 16.1. The van der Waals surface area contributed by atoms with Crippen LogP contribution < -0.4 is 5.32 Å². The number of carbonyl (C=O) groups excluding carboxylic acids is 1. The SMILES string of the molecule is N#Cc1ccc(CN2CCc3c(ncnc3NC(=O)CC34CC5CC(CC(C5)C3)C4)C2)cc1. The quantitative estimate of drug-likeness (QED) is 0.741. The van der Waals surface area contributed by atoms with Crippen LogP contribution in [0.1, 0.15) is 67.3 Å². The van der Waals surface area contributed by atoms with Gasteiger partial charge in [0.05, 0.1) is 17.3 Å². The summed E-state index contributed by atoms with van der Waals surface area (Å²) in [5.41, 5.74) is 4.21. The van der Waals surface area contributed by atoms with Gasteiger partial charge in [-0.15, -0.1) is 0 Å². The first-order valence-electron chi connectivity index (χ1n) is 12.4. The van der Waals surface area contributed by atoms with Crippen LogP contribution in [-0.2, 0) is 24.3 Å². The summed E-state index contributed by atoms with van der Waals surface area (Å²) in [6.07, 6.45) is 11.0. The molecule has 170 valence electrons. The fraction of sp³-hybridized carbons (Fsp3) is 0.556. The minimum absolute atomic E-state index is 0.137. The number of nitriles is 1. The monoisotopic (exact) mass is 441 g/mol. The molecular formula is C27H31N5O. The number of anilines is 1. The molecule has 6 heteroatoms. The molecule has 1 aromatic carbocycles. The number of nitrogens with one attached hydrogen (secondary N) is 1.